The molecule has 3 heteroatoms. The van der Waals surface area contributed by atoms with Crippen molar-refractivity contribution >= 4 is 5.97 Å². The fourth-order valence-corrected chi connectivity index (χ4v) is 3.58. The third-order valence-corrected chi connectivity index (χ3v) is 5.59. The van der Waals surface area contributed by atoms with Gasteiger partial charge in [0.25, 0.3) is 0 Å². The molecule has 1 unspecified atom stereocenters. The Morgan fingerprint density at radius 2 is 1.50 bits per heavy atom. The maximum atomic E-state index is 12.4. The van der Waals surface area contributed by atoms with Crippen LogP contribution in [0.2, 0.25) is 0 Å². The summed E-state index contributed by atoms with van der Waals surface area (Å²) in [6.45, 7) is 4.14. The van der Waals surface area contributed by atoms with Crippen molar-refractivity contribution in [2.24, 2.45) is 5.92 Å². The Morgan fingerprint density at radius 3 is 2.00 bits per heavy atom. The predicted octanol–water partition coefficient (Wildman–Crippen LogP) is 5.68. The van der Waals surface area contributed by atoms with E-state index < -0.39 is 5.97 Å². The zero-order valence-electron chi connectivity index (χ0n) is 16.0. The number of carbonyl (C=O) groups is 1. The molecule has 0 N–H and O–H groups in total. The molecule has 3 aromatic carbocycles. The first-order chi connectivity index (χ1) is 13.5. The van der Waals surface area contributed by atoms with Crippen molar-refractivity contribution in [2.75, 3.05) is 0 Å². The number of benzene rings is 3. The molecule has 4 rings (SSSR count). The highest BCUT2D eigenvalue weighted by Gasteiger charge is 2.53. The lowest BCUT2D eigenvalue weighted by atomic mass is 9.95. The van der Waals surface area contributed by atoms with Crippen LogP contribution in [0.4, 0.5) is 0 Å². The zero-order valence-corrected chi connectivity index (χ0v) is 16.0. The average molecular weight is 367 g/mol. The van der Waals surface area contributed by atoms with E-state index in [1.165, 1.54) is 5.56 Å². The molecule has 1 fully saturated rings. The highest BCUT2D eigenvalue weighted by molar-refractivity contribution is 5.91. The van der Waals surface area contributed by atoms with Gasteiger partial charge in [0.2, 0.25) is 0 Å². The Hall–Kier alpha value is -3.38. The lowest BCUT2D eigenvalue weighted by Gasteiger charge is -2.10. The molecule has 1 aliphatic rings. The Kier molecular flexibility index (Phi) is 4.49. The molecule has 0 aliphatic heterocycles. The molecular weight excluding hydrogens is 346 g/mol. The largest absolute Gasteiger partial charge is 0.423 e. The average Bonchev–Trinajstić information content (AvgIpc) is 3.40. The lowest BCUT2D eigenvalue weighted by molar-refractivity contribution is 0.0734. The standard InChI is InChI=1S/C25H21NO2/c1-17-3-5-19(6-4-17)20-7-9-21(10-8-20)24(27)28-23-13-11-22(12-14-23)25(16-26)15-18(25)2/h3-14,18H,15H2,1-2H3/t18-,25?/m0/s1. The summed E-state index contributed by atoms with van der Waals surface area (Å²) in [5.41, 5.74) is 4.51. The molecule has 28 heavy (non-hydrogen) atoms. The summed E-state index contributed by atoms with van der Waals surface area (Å²) in [4.78, 5) is 12.4. The van der Waals surface area contributed by atoms with Gasteiger partial charge in [-0.05, 0) is 60.2 Å². The summed E-state index contributed by atoms with van der Waals surface area (Å²) in [6.07, 6.45) is 0.885. The van der Waals surface area contributed by atoms with E-state index in [0.717, 1.165) is 23.1 Å². The normalized spacial score (nSPS) is 20.2. The Balaban J connectivity index is 1.45. The first-order valence-corrected chi connectivity index (χ1v) is 9.43. The number of aryl methyl sites for hydroxylation is 1. The van der Waals surface area contributed by atoms with Crippen molar-refractivity contribution in [1.82, 2.24) is 0 Å². The van der Waals surface area contributed by atoms with Crippen LogP contribution in [0.1, 0.15) is 34.8 Å². The van der Waals surface area contributed by atoms with Gasteiger partial charge in [-0.15, -0.1) is 0 Å². The number of ether oxygens (including phenoxy) is 1. The van der Waals surface area contributed by atoms with Gasteiger partial charge in [0.05, 0.1) is 17.0 Å². The summed E-state index contributed by atoms with van der Waals surface area (Å²) in [6, 6.07) is 25.4. The summed E-state index contributed by atoms with van der Waals surface area (Å²) >= 11 is 0. The van der Waals surface area contributed by atoms with Gasteiger partial charge in [-0.3, -0.25) is 0 Å². The molecule has 0 spiro atoms. The van der Waals surface area contributed by atoms with Crippen molar-refractivity contribution in [3.8, 4) is 22.9 Å². The quantitative estimate of drug-likeness (QED) is 0.440. The van der Waals surface area contributed by atoms with E-state index >= 15 is 0 Å². The van der Waals surface area contributed by atoms with Crippen LogP contribution in [0.25, 0.3) is 11.1 Å². The summed E-state index contributed by atoms with van der Waals surface area (Å²) in [7, 11) is 0. The van der Waals surface area contributed by atoms with Crippen molar-refractivity contribution in [3.63, 3.8) is 0 Å². The van der Waals surface area contributed by atoms with Crippen LogP contribution in [-0.2, 0) is 5.41 Å². The van der Waals surface area contributed by atoms with Gasteiger partial charge in [0.1, 0.15) is 5.75 Å². The second kappa shape index (κ2) is 6.98. The van der Waals surface area contributed by atoms with Crippen molar-refractivity contribution in [3.05, 3.63) is 89.5 Å². The first kappa shape index (κ1) is 18.0. The zero-order chi connectivity index (χ0) is 19.7. The smallest absolute Gasteiger partial charge is 0.343 e. The van der Waals surface area contributed by atoms with Gasteiger partial charge in [-0.1, -0.05) is 61.0 Å². The van der Waals surface area contributed by atoms with Gasteiger partial charge >= 0.3 is 5.97 Å². The molecule has 0 heterocycles. The number of nitriles is 1. The van der Waals surface area contributed by atoms with Crippen LogP contribution < -0.4 is 4.74 Å². The molecule has 0 radical (unpaired) electrons. The van der Waals surface area contributed by atoms with E-state index in [1.807, 2.05) is 24.3 Å². The van der Waals surface area contributed by atoms with Crippen LogP contribution in [-0.4, -0.2) is 5.97 Å². The van der Waals surface area contributed by atoms with Crippen molar-refractivity contribution < 1.29 is 9.53 Å². The van der Waals surface area contributed by atoms with Gasteiger partial charge in [-0.25, -0.2) is 4.79 Å². The molecule has 1 saturated carbocycles. The maximum absolute atomic E-state index is 12.4. The van der Waals surface area contributed by atoms with Gasteiger partial charge < -0.3 is 4.74 Å². The fraction of sp³-hybridized carbons (Fsp3) is 0.200. The van der Waals surface area contributed by atoms with Gasteiger partial charge in [-0.2, -0.15) is 5.26 Å². The molecule has 3 aromatic rings. The van der Waals surface area contributed by atoms with E-state index in [-0.39, 0.29) is 5.41 Å². The van der Waals surface area contributed by atoms with Gasteiger partial charge in [0.15, 0.2) is 0 Å². The second-order valence-corrected chi connectivity index (χ2v) is 7.55. The summed E-state index contributed by atoms with van der Waals surface area (Å²) < 4.78 is 5.49. The lowest BCUT2D eigenvalue weighted by Crippen LogP contribution is -2.09. The number of hydrogen-bond acceptors (Lipinski definition) is 3. The van der Waals surface area contributed by atoms with Gasteiger partial charge in [0, 0.05) is 0 Å². The number of hydrogen-bond donors (Lipinski definition) is 0. The minimum Gasteiger partial charge on any atom is -0.423 e. The summed E-state index contributed by atoms with van der Waals surface area (Å²) in [5.74, 6) is 0.466. The van der Waals surface area contributed by atoms with E-state index in [9.17, 15) is 10.1 Å². The van der Waals surface area contributed by atoms with Crippen molar-refractivity contribution in [2.45, 2.75) is 25.7 Å². The number of rotatable bonds is 4. The van der Waals surface area contributed by atoms with E-state index in [0.29, 0.717) is 17.2 Å². The molecular formula is C25H21NO2. The third-order valence-electron chi connectivity index (χ3n) is 5.59. The van der Waals surface area contributed by atoms with E-state index in [4.69, 9.17) is 4.74 Å². The molecule has 0 aromatic heterocycles. The molecule has 0 saturated heterocycles. The molecule has 3 nitrogen and oxygen atoms in total. The number of esters is 1. The fourth-order valence-electron chi connectivity index (χ4n) is 3.58. The number of carbonyl (C=O) groups excluding carboxylic acids is 1. The molecule has 138 valence electrons. The van der Waals surface area contributed by atoms with Crippen LogP contribution >= 0.6 is 0 Å². The van der Waals surface area contributed by atoms with Crippen molar-refractivity contribution in [1.29, 1.82) is 5.26 Å². The highest BCUT2D eigenvalue weighted by Crippen LogP contribution is 2.53. The highest BCUT2D eigenvalue weighted by atomic mass is 16.5. The maximum Gasteiger partial charge on any atom is 0.343 e. The van der Waals surface area contributed by atoms with Crippen LogP contribution in [0.5, 0.6) is 5.75 Å². The van der Waals surface area contributed by atoms with Crippen LogP contribution in [0.3, 0.4) is 0 Å². The predicted molar refractivity (Wildman–Crippen MR) is 109 cm³/mol. The molecule has 1 aliphatic carbocycles. The Morgan fingerprint density at radius 1 is 0.964 bits per heavy atom. The van der Waals surface area contributed by atoms with Crippen LogP contribution in [0, 0.1) is 24.2 Å². The number of nitrogens with zero attached hydrogens (tertiary/aromatic N) is 1. The monoisotopic (exact) mass is 367 g/mol. The van der Waals surface area contributed by atoms with Crippen LogP contribution in [0.15, 0.2) is 72.8 Å². The molecule has 0 amide bonds. The van der Waals surface area contributed by atoms with E-state index in [1.54, 1.807) is 24.3 Å². The molecule has 0 bridgehead atoms. The first-order valence-electron chi connectivity index (χ1n) is 9.43. The molecule has 2 atom stereocenters. The minimum atomic E-state index is -0.391. The Labute approximate surface area is 165 Å². The van der Waals surface area contributed by atoms with E-state index in [2.05, 4.69) is 44.2 Å². The Bertz CT molecular complexity index is 1040. The topological polar surface area (TPSA) is 50.1 Å². The summed E-state index contributed by atoms with van der Waals surface area (Å²) in [5, 5.41) is 9.43. The second-order valence-electron chi connectivity index (χ2n) is 7.55. The third kappa shape index (κ3) is 3.30. The SMILES string of the molecule is Cc1ccc(-c2ccc(C(=O)Oc3ccc(C4(C#N)C[C@@H]4C)cc3)cc2)cc1. The minimum absolute atomic E-state index is 0.367.